The Kier molecular flexibility index (Phi) is 3.93. The summed E-state index contributed by atoms with van der Waals surface area (Å²) < 4.78 is 8.28. The highest BCUT2D eigenvalue weighted by Crippen LogP contribution is 2.76. The highest BCUT2D eigenvalue weighted by Gasteiger charge is 2.55. The van der Waals surface area contributed by atoms with Crippen molar-refractivity contribution in [3.05, 3.63) is 54.9 Å². The monoisotopic (exact) mass is 453 g/mol. The van der Waals surface area contributed by atoms with Gasteiger partial charge in [-0.25, -0.2) is 25.1 Å². The predicted octanol–water partition coefficient (Wildman–Crippen LogP) is 0.828. The second kappa shape index (κ2) is 6.92. The zero-order chi connectivity index (χ0) is 20.7. The van der Waals surface area contributed by atoms with Gasteiger partial charge in [-0.05, 0) is 10.4 Å². The van der Waals surface area contributed by atoms with Crippen LogP contribution in [0.3, 0.4) is 0 Å². The molecule has 2 N–H and O–H groups in total. The molecule has 0 saturated carbocycles. The van der Waals surface area contributed by atoms with Gasteiger partial charge in [0, 0.05) is 21.8 Å². The van der Waals surface area contributed by atoms with Crippen molar-refractivity contribution in [2.24, 2.45) is 0 Å². The lowest BCUT2D eigenvalue weighted by Gasteiger charge is -2.41. The van der Waals surface area contributed by atoms with Gasteiger partial charge in [-0.15, -0.1) is 21.5 Å². The molecule has 5 aromatic rings. The second-order valence-electron chi connectivity index (χ2n) is 5.72. The number of anilines is 2. The van der Waals surface area contributed by atoms with Crippen molar-refractivity contribution in [3.63, 3.8) is 0 Å². The fourth-order valence-electron chi connectivity index (χ4n) is 2.97. The molecular formula is C14H9N14OS2. The first-order valence-corrected chi connectivity index (χ1v) is 10.9. The molecule has 0 aliphatic carbocycles. The van der Waals surface area contributed by atoms with Crippen molar-refractivity contribution < 1.29 is 4.42 Å². The van der Waals surface area contributed by atoms with Gasteiger partial charge in [-0.1, -0.05) is 5.21 Å². The Labute approximate surface area is 177 Å². The summed E-state index contributed by atoms with van der Waals surface area (Å²) in [5.74, 6) is 1.06. The van der Waals surface area contributed by atoms with Gasteiger partial charge in [-0.2, -0.15) is 14.4 Å². The van der Waals surface area contributed by atoms with E-state index in [2.05, 4.69) is 67.2 Å². The van der Waals surface area contributed by atoms with E-state index in [1.807, 2.05) is 5.38 Å². The number of rotatable bonds is 5. The molecule has 6 heterocycles. The minimum absolute atomic E-state index is 0.288. The fourth-order valence-corrected chi connectivity index (χ4v) is 7.61. The Morgan fingerprint density at radius 3 is 2.68 bits per heavy atom. The third-order valence-electron chi connectivity index (χ3n) is 4.10. The van der Waals surface area contributed by atoms with Crippen LogP contribution in [-0.2, 0) is 0 Å². The summed E-state index contributed by atoms with van der Waals surface area (Å²) in [6.45, 7) is 0. The van der Waals surface area contributed by atoms with Crippen molar-refractivity contribution in [2.75, 3.05) is 9.42 Å². The number of oxazole rings is 1. The van der Waals surface area contributed by atoms with Gasteiger partial charge in [0.2, 0.25) is 0 Å². The molecule has 0 saturated heterocycles. The zero-order valence-corrected chi connectivity index (χ0v) is 16.8. The van der Waals surface area contributed by atoms with Gasteiger partial charge in [0.1, 0.15) is 25.1 Å². The van der Waals surface area contributed by atoms with Crippen LogP contribution < -0.4 is 9.42 Å². The van der Waals surface area contributed by atoms with Gasteiger partial charge < -0.3 is 4.42 Å². The van der Waals surface area contributed by atoms with E-state index in [4.69, 9.17) is 4.42 Å². The molecule has 0 fully saturated rings. The molecular weight excluding hydrogens is 444 g/mol. The van der Waals surface area contributed by atoms with E-state index >= 15 is 0 Å². The maximum absolute atomic E-state index is 5.86. The van der Waals surface area contributed by atoms with Gasteiger partial charge in [0.25, 0.3) is 11.2 Å². The normalized spacial score (nSPS) is 20.6. The van der Waals surface area contributed by atoms with Crippen molar-refractivity contribution >= 4 is 38.2 Å². The molecule has 1 unspecified atom stereocenters. The number of aromatic nitrogens is 12. The zero-order valence-electron chi connectivity index (χ0n) is 15.1. The first kappa shape index (κ1) is 17.6. The SMILES string of the molecule is [C]1=C(c2nnn[nH]2)S(c2ncco2)(c2nccs2)N(c2ncncn2)N1c1c[nH]nn1. The lowest BCUT2D eigenvalue weighted by atomic mass is 10.5. The first-order chi connectivity index (χ1) is 15.4. The average Bonchev–Trinajstić information content (AvgIpc) is 3.64. The van der Waals surface area contributed by atoms with Crippen molar-refractivity contribution in [1.82, 2.24) is 61.0 Å². The lowest BCUT2D eigenvalue weighted by molar-refractivity contribution is 0.449. The van der Waals surface area contributed by atoms with E-state index in [1.165, 1.54) is 30.3 Å². The smallest absolute Gasteiger partial charge is 0.268 e. The second-order valence-corrected chi connectivity index (χ2v) is 9.52. The Bertz CT molecular complexity index is 1250. The van der Waals surface area contributed by atoms with E-state index in [0.717, 1.165) is 0 Å². The number of tetrazole rings is 1. The summed E-state index contributed by atoms with van der Waals surface area (Å²) in [5.41, 5.74) is 0. The Morgan fingerprint density at radius 1 is 1.06 bits per heavy atom. The number of aromatic amines is 2. The predicted molar refractivity (Wildman–Crippen MR) is 105 cm³/mol. The molecule has 0 bridgehead atoms. The van der Waals surface area contributed by atoms with Gasteiger partial charge >= 0.3 is 0 Å². The van der Waals surface area contributed by atoms with Gasteiger partial charge in [0.05, 0.1) is 17.3 Å². The third kappa shape index (κ3) is 2.53. The van der Waals surface area contributed by atoms with E-state index in [0.29, 0.717) is 26.1 Å². The summed E-state index contributed by atoms with van der Waals surface area (Å²) in [6, 6.07) is 0. The molecule has 1 atom stereocenters. The number of H-pyrrole nitrogens is 2. The molecule has 0 aromatic carbocycles. The summed E-state index contributed by atoms with van der Waals surface area (Å²) in [7, 11) is -2.58. The average molecular weight is 453 g/mol. The highest BCUT2D eigenvalue weighted by molar-refractivity contribution is 8.42. The first-order valence-electron chi connectivity index (χ1n) is 8.48. The van der Waals surface area contributed by atoms with Crippen LogP contribution in [0.4, 0.5) is 11.8 Å². The number of hydrogen-bond donors (Lipinski definition) is 2. The fraction of sp³-hybridized carbons (Fsp3) is 0. The largest absolute Gasteiger partial charge is 0.439 e. The van der Waals surface area contributed by atoms with Crippen LogP contribution in [0.25, 0.3) is 4.91 Å². The highest BCUT2D eigenvalue weighted by atomic mass is 32.3. The maximum Gasteiger partial charge on any atom is 0.268 e. The van der Waals surface area contributed by atoms with Crippen LogP contribution in [0.5, 0.6) is 0 Å². The van der Waals surface area contributed by atoms with E-state index in [9.17, 15) is 0 Å². The van der Waals surface area contributed by atoms with Crippen LogP contribution in [0.1, 0.15) is 5.82 Å². The minimum Gasteiger partial charge on any atom is -0.439 e. The lowest BCUT2D eigenvalue weighted by Crippen LogP contribution is -2.39. The van der Waals surface area contributed by atoms with E-state index in [-0.39, 0.29) is 5.95 Å². The number of hydrazine groups is 1. The maximum atomic E-state index is 5.86. The van der Waals surface area contributed by atoms with Gasteiger partial charge in [-0.3, -0.25) is 5.10 Å². The quantitative estimate of drug-likeness (QED) is 0.382. The van der Waals surface area contributed by atoms with E-state index in [1.54, 1.807) is 28.0 Å². The molecule has 31 heavy (non-hydrogen) atoms. The molecule has 1 aliphatic heterocycles. The Balaban J connectivity index is 1.71. The summed E-state index contributed by atoms with van der Waals surface area (Å²) in [6.07, 6.45) is 12.4. The molecule has 15 nitrogen and oxygen atoms in total. The van der Waals surface area contributed by atoms with Crippen LogP contribution >= 0.6 is 21.6 Å². The number of thiazole rings is 1. The van der Waals surface area contributed by atoms with Crippen molar-refractivity contribution in [3.8, 4) is 0 Å². The number of nitrogens with one attached hydrogen (secondary N) is 2. The standard InChI is InChI=1S/C14H9N14OS2/c1-3-29-13(16-1)31(14-17-2-4-30-14)9(11-22-25-26-23-11)6-27(10-5-20-24-21-10)28(31)12-18-7-15-8-19-12/h1-5,7-8H,(H,20,21,24)(H,22,23,25,26). The van der Waals surface area contributed by atoms with Crippen LogP contribution in [-0.4, -0.2) is 61.0 Å². The summed E-state index contributed by atoms with van der Waals surface area (Å²) in [4.78, 5) is 22.3. The van der Waals surface area contributed by atoms with Crippen LogP contribution in [0, 0.1) is 6.20 Å². The van der Waals surface area contributed by atoms with Crippen LogP contribution in [0.15, 0.2) is 56.9 Å². The van der Waals surface area contributed by atoms with Gasteiger partial charge in [0.15, 0.2) is 16.0 Å². The summed E-state index contributed by atoms with van der Waals surface area (Å²) in [5, 5.41) is 28.9. The Hall–Kier alpha value is -4.25. The topological polar surface area (TPSA) is 180 Å². The summed E-state index contributed by atoms with van der Waals surface area (Å²) >= 11 is 1.42. The minimum atomic E-state index is -2.58. The van der Waals surface area contributed by atoms with Crippen molar-refractivity contribution in [1.29, 1.82) is 0 Å². The Morgan fingerprint density at radius 2 is 2.00 bits per heavy atom. The molecule has 6 rings (SSSR count). The molecule has 153 valence electrons. The number of hydrogen-bond acceptors (Lipinski definition) is 14. The molecule has 5 aromatic heterocycles. The molecule has 0 spiro atoms. The molecule has 0 amide bonds. The van der Waals surface area contributed by atoms with Crippen LogP contribution in [0.2, 0.25) is 0 Å². The van der Waals surface area contributed by atoms with Crippen molar-refractivity contribution in [2.45, 2.75) is 9.56 Å². The third-order valence-corrected chi connectivity index (χ3v) is 8.72. The molecule has 1 radical (unpaired) electrons. The molecule has 17 heteroatoms. The van der Waals surface area contributed by atoms with E-state index < -0.39 is 10.2 Å². The molecule has 1 aliphatic rings. The number of nitrogens with zero attached hydrogens (tertiary/aromatic N) is 12.